The van der Waals surface area contributed by atoms with Crippen LogP contribution < -0.4 is 0 Å². The third-order valence-electron chi connectivity index (χ3n) is 4.48. The maximum atomic E-state index is 13.8. The summed E-state index contributed by atoms with van der Waals surface area (Å²) in [4.78, 5) is 14.0. The van der Waals surface area contributed by atoms with Crippen molar-refractivity contribution in [2.24, 2.45) is 0 Å². The molecule has 1 N–H and O–H groups in total. The van der Waals surface area contributed by atoms with Gasteiger partial charge >= 0.3 is 0 Å². The molecule has 1 aromatic carbocycles. The molecule has 134 valence electrons. The van der Waals surface area contributed by atoms with Gasteiger partial charge in [-0.2, -0.15) is 5.26 Å². The van der Waals surface area contributed by atoms with Crippen molar-refractivity contribution in [3.63, 3.8) is 0 Å². The molecule has 1 unspecified atom stereocenters. The molecule has 1 aliphatic heterocycles. The van der Waals surface area contributed by atoms with Crippen LogP contribution >= 0.6 is 0 Å². The molecule has 1 heterocycles. The lowest BCUT2D eigenvalue weighted by atomic mass is 9.81. The van der Waals surface area contributed by atoms with Crippen LogP contribution in [0.15, 0.2) is 53.4 Å². The van der Waals surface area contributed by atoms with Crippen molar-refractivity contribution in [1.29, 1.82) is 5.26 Å². The second kappa shape index (κ2) is 7.65. The predicted molar refractivity (Wildman–Crippen MR) is 93.9 cm³/mol. The molecule has 0 saturated carbocycles. The molecule has 0 radical (unpaired) electrons. The second-order valence-corrected chi connectivity index (χ2v) is 6.15. The Labute approximate surface area is 151 Å². The predicted octanol–water partition coefficient (Wildman–Crippen LogP) is 2.56. The molecule has 0 aromatic heterocycles. The van der Waals surface area contributed by atoms with E-state index in [4.69, 9.17) is 9.84 Å². The average molecular weight is 354 g/mol. The number of ketones is 1. The lowest BCUT2D eigenvalue weighted by Crippen LogP contribution is -2.31. The number of nitriles is 1. The molecule has 0 bridgehead atoms. The quantitative estimate of drug-likeness (QED) is 0.880. The van der Waals surface area contributed by atoms with Crippen molar-refractivity contribution in [2.45, 2.75) is 18.9 Å². The number of allylic oxidation sites excluding steroid dienone is 4. The summed E-state index contributed by atoms with van der Waals surface area (Å²) in [7, 11) is 1.46. The van der Waals surface area contributed by atoms with E-state index in [0.717, 1.165) is 11.1 Å². The van der Waals surface area contributed by atoms with Crippen LogP contribution in [0.4, 0.5) is 4.39 Å². The smallest absolute Gasteiger partial charge is 0.169 e. The molecule has 3 rings (SSSR count). The molecular formula is C20H19FN2O3. The first-order valence-corrected chi connectivity index (χ1v) is 8.35. The summed E-state index contributed by atoms with van der Waals surface area (Å²) in [6.45, 7) is 0.415. The van der Waals surface area contributed by atoms with E-state index in [1.54, 1.807) is 29.3 Å². The number of carbonyl (C=O) groups is 1. The van der Waals surface area contributed by atoms with E-state index in [2.05, 4.69) is 6.07 Å². The zero-order valence-electron chi connectivity index (χ0n) is 14.4. The number of hydrogen-bond acceptors (Lipinski definition) is 5. The number of aliphatic hydroxyl groups is 1. The molecular weight excluding hydrogens is 335 g/mol. The van der Waals surface area contributed by atoms with Crippen LogP contribution in [0.25, 0.3) is 5.57 Å². The molecule has 1 atom stereocenters. The standard InChI is InChI=1S/C20H19FN2O3/c1-26-19-10-16-14(9-18(19)25)12-23(6-3-7-24)17(11-22)20(16)13-4-2-5-15(21)8-13/h2,4-5,8,10,12,19,24H,3,6-7,9H2,1H3. The molecule has 0 spiro atoms. The Morgan fingerprint density at radius 3 is 2.92 bits per heavy atom. The van der Waals surface area contributed by atoms with E-state index < -0.39 is 11.9 Å². The molecule has 2 aliphatic rings. The number of Topliss-reactive ketones (excluding diaryl/α,β-unsaturated/α-hetero) is 1. The summed E-state index contributed by atoms with van der Waals surface area (Å²) in [5.74, 6) is -0.468. The maximum absolute atomic E-state index is 13.8. The summed E-state index contributed by atoms with van der Waals surface area (Å²) in [6, 6.07) is 8.24. The zero-order chi connectivity index (χ0) is 18.7. The first kappa shape index (κ1) is 18.1. The van der Waals surface area contributed by atoms with Crippen molar-refractivity contribution in [1.82, 2.24) is 4.90 Å². The first-order valence-electron chi connectivity index (χ1n) is 8.35. The van der Waals surface area contributed by atoms with Gasteiger partial charge in [-0.05, 0) is 41.3 Å². The number of halogens is 1. The minimum atomic E-state index is -0.686. The Bertz CT molecular complexity index is 864. The molecule has 1 aliphatic carbocycles. The van der Waals surface area contributed by atoms with Gasteiger partial charge in [-0.25, -0.2) is 4.39 Å². The third-order valence-corrected chi connectivity index (χ3v) is 4.48. The van der Waals surface area contributed by atoms with Gasteiger partial charge in [0.1, 0.15) is 23.7 Å². The van der Waals surface area contributed by atoms with Crippen LogP contribution in [0.3, 0.4) is 0 Å². The van der Waals surface area contributed by atoms with Gasteiger partial charge in [0, 0.05) is 38.5 Å². The summed E-state index contributed by atoms with van der Waals surface area (Å²) in [6.07, 6.45) is 3.43. The van der Waals surface area contributed by atoms with Crippen LogP contribution in [0.2, 0.25) is 0 Å². The van der Waals surface area contributed by atoms with E-state index in [1.807, 2.05) is 0 Å². The van der Waals surface area contributed by atoms with Gasteiger partial charge in [0.15, 0.2) is 5.78 Å². The van der Waals surface area contributed by atoms with Gasteiger partial charge in [-0.1, -0.05) is 12.1 Å². The number of benzene rings is 1. The van der Waals surface area contributed by atoms with E-state index in [9.17, 15) is 14.4 Å². The number of methoxy groups -OCH3 is 1. The Morgan fingerprint density at radius 2 is 2.27 bits per heavy atom. The summed E-state index contributed by atoms with van der Waals surface area (Å²) >= 11 is 0. The number of aliphatic hydroxyl groups excluding tert-OH is 1. The van der Waals surface area contributed by atoms with Crippen molar-refractivity contribution in [2.75, 3.05) is 20.3 Å². The Balaban J connectivity index is 2.20. The number of fused-ring (bicyclic) bond motifs is 1. The lowest BCUT2D eigenvalue weighted by molar-refractivity contribution is -0.125. The Morgan fingerprint density at radius 1 is 1.46 bits per heavy atom. The molecule has 1 aromatic rings. The van der Waals surface area contributed by atoms with Crippen LogP contribution in [0.5, 0.6) is 0 Å². The van der Waals surface area contributed by atoms with E-state index in [-0.39, 0.29) is 18.8 Å². The van der Waals surface area contributed by atoms with Gasteiger partial charge in [0.2, 0.25) is 0 Å². The lowest BCUT2D eigenvalue weighted by Gasteiger charge is -2.33. The summed E-state index contributed by atoms with van der Waals surface area (Å²) in [5.41, 5.74) is 3.00. The third kappa shape index (κ3) is 3.32. The minimum Gasteiger partial charge on any atom is -0.396 e. The fourth-order valence-corrected chi connectivity index (χ4v) is 3.29. The highest BCUT2D eigenvalue weighted by Gasteiger charge is 2.33. The Kier molecular flexibility index (Phi) is 5.31. The van der Waals surface area contributed by atoms with E-state index in [1.165, 1.54) is 19.2 Å². The Hall–Kier alpha value is -2.75. The van der Waals surface area contributed by atoms with Crippen molar-refractivity contribution in [3.8, 4) is 6.07 Å². The van der Waals surface area contributed by atoms with Crippen LogP contribution in [0, 0.1) is 17.1 Å². The monoisotopic (exact) mass is 354 g/mol. The fraction of sp³-hybridized carbons (Fsp3) is 0.300. The molecule has 6 heteroatoms. The van der Waals surface area contributed by atoms with Crippen LogP contribution in [-0.4, -0.2) is 42.2 Å². The number of nitrogens with zero attached hydrogens (tertiary/aromatic N) is 2. The van der Waals surface area contributed by atoms with Crippen molar-refractivity contribution >= 4 is 11.4 Å². The maximum Gasteiger partial charge on any atom is 0.169 e. The summed E-state index contributed by atoms with van der Waals surface area (Å²) in [5, 5.41) is 18.9. The number of ether oxygens (including phenoxy) is 1. The van der Waals surface area contributed by atoms with Gasteiger partial charge in [-0.3, -0.25) is 4.79 Å². The molecule has 0 fully saturated rings. The van der Waals surface area contributed by atoms with Crippen molar-refractivity contribution in [3.05, 3.63) is 64.8 Å². The van der Waals surface area contributed by atoms with E-state index in [0.29, 0.717) is 29.8 Å². The van der Waals surface area contributed by atoms with Crippen LogP contribution in [-0.2, 0) is 9.53 Å². The SMILES string of the molecule is COC1C=C2C(=CN(CCCO)C(C#N)=C2c2cccc(F)c2)CC1=O. The van der Waals surface area contributed by atoms with Gasteiger partial charge in [0.05, 0.1) is 0 Å². The highest BCUT2D eigenvalue weighted by Crippen LogP contribution is 2.41. The van der Waals surface area contributed by atoms with Gasteiger partial charge < -0.3 is 14.7 Å². The number of hydrogen-bond donors (Lipinski definition) is 1. The molecule has 0 saturated heterocycles. The average Bonchev–Trinajstić information content (AvgIpc) is 2.64. The first-order chi connectivity index (χ1) is 12.6. The van der Waals surface area contributed by atoms with Gasteiger partial charge in [0.25, 0.3) is 0 Å². The largest absolute Gasteiger partial charge is 0.396 e. The topological polar surface area (TPSA) is 73.6 Å². The minimum absolute atomic E-state index is 0.0128. The van der Waals surface area contributed by atoms with E-state index >= 15 is 0 Å². The number of carbonyl (C=O) groups excluding carboxylic acids is 1. The van der Waals surface area contributed by atoms with Crippen molar-refractivity contribution < 1.29 is 19.0 Å². The summed E-state index contributed by atoms with van der Waals surface area (Å²) < 4.78 is 19.1. The zero-order valence-corrected chi connectivity index (χ0v) is 14.4. The normalized spacial score (nSPS) is 19.7. The highest BCUT2D eigenvalue weighted by molar-refractivity contribution is 5.98. The van der Waals surface area contributed by atoms with Gasteiger partial charge in [-0.15, -0.1) is 0 Å². The fourth-order valence-electron chi connectivity index (χ4n) is 3.29. The highest BCUT2D eigenvalue weighted by atomic mass is 19.1. The molecule has 5 nitrogen and oxygen atoms in total. The number of rotatable bonds is 5. The molecule has 26 heavy (non-hydrogen) atoms. The van der Waals surface area contributed by atoms with Crippen LogP contribution in [0.1, 0.15) is 18.4 Å². The second-order valence-electron chi connectivity index (χ2n) is 6.15. The molecule has 0 amide bonds.